The average molecular weight is 540 g/mol. The van der Waals surface area contributed by atoms with E-state index in [2.05, 4.69) is 9.83 Å². The Morgan fingerprint density at radius 1 is 1.07 bits per heavy atom. The summed E-state index contributed by atoms with van der Waals surface area (Å²) >= 11 is 0. The van der Waals surface area contributed by atoms with E-state index in [1.54, 1.807) is 35.2 Å². The van der Waals surface area contributed by atoms with Crippen molar-refractivity contribution in [3.05, 3.63) is 111 Å². The number of rotatable bonds is 5. The predicted molar refractivity (Wildman–Crippen MR) is 145 cm³/mol. The number of hydrogen-bond donors (Lipinski definition) is 1. The first-order valence-electron chi connectivity index (χ1n) is 12.4. The minimum absolute atomic E-state index is 0.00902. The van der Waals surface area contributed by atoms with E-state index in [0.29, 0.717) is 16.6 Å². The van der Waals surface area contributed by atoms with Crippen LogP contribution < -0.4 is 16.2 Å². The number of aromatic nitrogens is 2. The molecule has 4 aromatic rings. The number of fused-ring (bicyclic) bond motifs is 1. The SMILES string of the molecule is [C-]#[N+]c1ccc2c(n1)c(N1CCN(C(c3ccc(F)cc3)c3ccc(F)cc3)C(C(N)=O)C1)c(C#N)c(=O)n2C. The summed E-state index contributed by atoms with van der Waals surface area (Å²) in [5.74, 6) is -1.41. The van der Waals surface area contributed by atoms with Crippen LogP contribution in [0.25, 0.3) is 15.9 Å². The van der Waals surface area contributed by atoms with Gasteiger partial charge in [0.15, 0.2) is 0 Å². The minimum atomic E-state index is -0.913. The van der Waals surface area contributed by atoms with Gasteiger partial charge in [0.05, 0.1) is 11.6 Å². The van der Waals surface area contributed by atoms with Gasteiger partial charge in [-0.25, -0.2) is 8.78 Å². The van der Waals surface area contributed by atoms with Gasteiger partial charge in [0.1, 0.15) is 35.0 Å². The van der Waals surface area contributed by atoms with Gasteiger partial charge in [-0.05, 0) is 47.5 Å². The van der Waals surface area contributed by atoms with Crippen molar-refractivity contribution in [2.75, 3.05) is 24.5 Å². The number of carbonyl (C=O) groups is 1. The van der Waals surface area contributed by atoms with Crippen molar-refractivity contribution < 1.29 is 13.6 Å². The highest BCUT2D eigenvalue weighted by Gasteiger charge is 2.39. The number of carbonyl (C=O) groups excluding carboxylic acids is 1. The Bertz CT molecular complexity index is 1710. The fraction of sp³-hybridized carbons (Fsp3) is 0.207. The molecule has 40 heavy (non-hydrogen) atoms. The summed E-state index contributed by atoms with van der Waals surface area (Å²) in [5, 5.41) is 9.96. The van der Waals surface area contributed by atoms with Crippen LogP contribution in [-0.2, 0) is 11.8 Å². The molecule has 1 saturated heterocycles. The van der Waals surface area contributed by atoms with Crippen molar-refractivity contribution in [2.24, 2.45) is 12.8 Å². The van der Waals surface area contributed by atoms with Crippen LogP contribution >= 0.6 is 0 Å². The van der Waals surface area contributed by atoms with Gasteiger partial charge >= 0.3 is 0 Å². The number of pyridine rings is 2. The fourth-order valence-electron chi connectivity index (χ4n) is 5.28. The third-order valence-electron chi connectivity index (χ3n) is 7.20. The second-order valence-corrected chi connectivity index (χ2v) is 9.46. The lowest BCUT2D eigenvalue weighted by atomic mass is 9.94. The third kappa shape index (κ3) is 4.64. The molecule has 0 aliphatic carbocycles. The van der Waals surface area contributed by atoms with E-state index < -0.39 is 35.2 Å². The van der Waals surface area contributed by atoms with E-state index in [1.165, 1.54) is 41.9 Å². The maximum absolute atomic E-state index is 13.8. The van der Waals surface area contributed by atoms with Crippen LogP contribution in [-0.4, -0.2) is 46.0 Å². The lowest BCUT2D eigenvalue weighted by molar-refractivity contribution is -0.124. The Morgan fingerprint density at radius 2 is 1.68 bits per heavy atom. The van der Waals surface area contributed by atoms with Crippen LogP contribution in [0, 0.1) is 29.5 Å². The number of benzene rings is 2. The molecule has 11 heteroatoms. The minimum Gasteiger partial charge on any atom is -0.368 e. The molecule has 1 unspecified atom stereocenters. The number of nitrogens with two attached hydrogens (primary N) is 1. The predicted octanol–water partition coefficient (Wildman–Crippen LogP) is 3.40. The molecule has 1 fully saturated rings. The number of primary amides is 1. The highest BCUT2D eigenvalue weighted by Crippen LogP contribution is 2.35. The molecular formula is C29H23F2N7O2. The van der Waals surface area contributed by atoms with E-state index in [9.17, 15) is 23.6 Å². The van der Waals surface area contributed by atoms with Gasteiger partial charge in [-0.2, -0.15) is 5.26 Å². The number of nitrogens with zero attached hydrogens (tertiary/aromatic N) is 6. The van der Waals surface area contributed by atoms with Gasteiger partial charge in [-0.1, -0.05) is 30.8 Å². The van der Waals surface area contributed by atoms with Crippen LogP contribution in [0.15, 0.2) is 65.5 Å². The van der Waals surface area contributed by atoms with E-state index in [-0.39, 0.29) is 42.2 Å². The zero-order valence-corrected chi connectivity index (χ0v) is 21.4. The number of hydrogen-bond acceptors (Lipinski definition) is 6. The van der Waals surface area contributed by atoms with Gasteiger partial charge in [0, 0.05) is 26.7 Å². The van der Waals surface area contributed by atoms with Crippen molar-refractivity contribution in [2.45, 2.75) is 12.1 Å². The largest absolute Gasteiger partial charge is 0.368 e. The van der Waals surface area contributed by atoms with Gasteiger partial charge < -0.3 is 20.0 Å². The van der Waals surface area contributed by atoms with E-state index in [4.69, 9.17) is 12.3 Å². The van der Waals surface area contributed by atoms with Gasteiger partial charge in [-0.3, -0.25) is 14.5 Å². The summed E-state index contributed by atoms with van der Waals surface area (Å²) < 4.78 is 28.9. The summed E-state index contributed by atoms with van der Waals surface area (Å²) in [6, 6.07) is 15.3. The molecule has 1 aliphatic heterocycles. The fourth-order valence-corrected chi connectivity index (χ4v) is 5.28. The summed E-state index contributed by atoms with van der Waals surface area (Å²) in [5.41, 5.74) is 7.52. The van der Waals surface area contributed by atoms with Crippen molar-refractivity contribution in [1.82, 2.24) is 14.5 Å². The summed E-state index contributed by atoms with van der Waals surface area (Å²) in [7, 11) is 1.52. The number of aryl methyl sites for hydroxylation is 1. The standard InChI is InChI=1S/C29H23F2N7O2/c1-34-24-12-11-22-25(35-24)27(21(15-32)29(40)36(22)2)37-13-14-38(23(16-37)28(33)39)26(17-3-7-19(30)8-4-17)18-5-9-20(31)10-6-18/h3-12,23,26H,13-14,16H2,2H3,(H2,33,39). The van der Waals surface area contributed by atoms with Crippen LogP contribution in [0.2, 0.25) is 0 Å². The smallest absolute Gasteiger partial charge is 0.271 e. The van der Waals surface area contributed by atoms with Crippen molar-refractivity contribution >= 4 is 28.4 Å². The van der Waals surface area contributed by atoms with Crippen molar-refractivity contribution in [1.29, 1.82) is 5.26 Å². The number of amides is 1. The lowest BCUT2D eigenvalue weighted by Crippen LogP contribution is -2.59. The van der Waals surface area contributed by atoms with Crippen LogP contribution in [0.3, 0.4) is 0 Å². The topological polar surface area (TPSA) is 113 Å². The summed E-state index contributed by atoms with van der Waals surface area (Å²) in [6.07, 6.45) is 0. The van der Waals surface area contributed by atoms with Crippen LogP contribution in [0.1, 0.15) is 22.7 Å². The molecule has 2 aromatic carbocycles. The van der Waals surface area contributed by atoms with E-state index >= 15 is 0 Å². The summed E-state index contributed by atoms with van der Waals surface area (Å²) in [6.45, 7) is 7.90. The number of piperazine rings is 1. The first kappa shape index (κ1) is 26.5. The quantitative estimate of drug-likeness (QED) is 0.389. The molecular weight excluding hydrogens is 516 g/mol. The Balaban J connectivity index is 1.63. The average Bonchev–Trinajstić information content (AvgIpc) is 2.96. The molecule has 0 radical (unpaired) electrons. The second kappa shape index (κ2) is 10.6. The molecule has 1 aliphatic rings. The molecule has 200 valence electrons. The monoisotopic (exact) mass is 539 g/mol. The summed E-state index contributed by atoms with van der Waals surface area (Å²) in [4.78, 5) is 37.4. The molecule has 1 atom stereocenters. The van der Waals surface area contributed by atoms with Gasteiger partial charge in [-0.15, -0.1) is 4.98 Å². The molecule has 1 amide bonds. The Morgan fingerprint density at radius 3 is 2.20 bits per heavy atom. The maximum Gasteiger partial charge on any atom is 0.271 e. The highest BCUT2D eigenvalue weighted by molar-refractivity contribution is 5.93. The Hall–Kier alpha value is -5.13. The van der Waals surface area contributed by atoms with E-state index in [0.717, 1.165) is 0 Å². The zero-order chi connectivity index (χ0) is 28.6. The highest BCUT2D eigenvalue weighted by atomic mass is 19.1. The molecule has 0 spiro atoms. The number of halogens is 2. The maximum atomic E-state index is 13.8. The van der Waals surface area contributed by atoms with Crippen molar-refractivity contribution in [3.63, 3.8) is 0 Å². The Labute approximate surface area is 228 Å². The second-order valence-electron chi connectivity index (χ2n) is 9.46. The third-order valence-corrected chi connectivity index (χ3v) is 7.20. The first-order chi connectivity index (χ1) is 19.2. The van der Waals surface area contributed by atoms with Gasteiger partial charge in [0.25, 0.3) is 11.4 Å². The molecule has 9 nitrogen and oxygen atoms in total. The lowest BCUT2D eigenvalue weighted by Gasteiger charge is -2.45. The first-order valence-corrected chi connectivity index (χ1v) is 12.4. The molecule has 0 bridgehead atoms. The van der Waals surface area contributed by atoms with Crippen molar-refractivity contribution in [3.8, 4) is 6.07 Å². The zero-order valence-electron chi connectivity index (χ0n) is 21.4. The van der Waals surface area contributed by atoms with E-state index in [1.807, 2.05) is 11.0 Å². The van der Waals surface area contributed by atoms with Gasteiger partial charge in [0.2, 0.25) is 11.4 Å². The van der Waals surface area contributed by atoms with Crippen LogP contribution in [0.5, 0.6) is 0 Å². The molecule has 2 N–H and O–H groups in total. The normalized spacial score (nSPS) is 15.7. The van der Waals surface area contributed by atoms with Crippen LogP contribution in [0.4, 0.5) is 20.3 Å². The molecule has 5 rings (SSSR count). The molecule has 2 aromatic heterocycles. The number of anilines is 1. The number of nitriles is 1. The molecule has 0 saturated carbocycles. The molecule has 3 heterocycles. The Kier molecular flexibility index (Phi) is 6.99.